The molecule has 0 bridgehead atoms. The number of primary amides is 1. The Kier molecular flexibility index (Phi) is 4.87. The number of nitrogens with two attached hydrogens (primary N) is 1. The Morgan fingerprint density at radius 2 is 1.64 bits per heavy atom. The summed E-state index contributed by atoms with van der Waals surface area (Å²) < 4.78 is 12.7. The van der Waals surface area contributed by atoms with Gasteiger partial charge < -0.3 is 16.4 Å². The number of anilines is 1. The van der Waals surface area contributed by atoms with E-state index in [1.807, 2.05) is 0 Å². The number of benzene rings is 2. The Balaban J connectivity index is 1.87. The predicted octanol–water partition coefficient (Wildman–Crippen LogP) is 2.72. The molecule has 0 fully saturated rings. The highest BCUT2D eigenvalue weighted by atomic mass is 19.1. The standard InChI is InChI=1S/C16H14FN3O2/c17-13-5-1-11(2-6-13)9-10-19-16(22)20-14-7-3-12(4-8-14)15(18)21/h1-10H,(H2,18,21)(H2,19,20,22)/b10-9+. The SMILES string of the molecule is NC(=O)c1ccc(NC(=O)N/C=C/c2ccc(F)cc2)cc1. The van der Waals surface area contributed by atoms with E-state index in [9.17, 15) is 14.0 Å². The van der Waals surface area contributed by atoms with Crippen molar-refractivity contribution in [3.8, 4) is 0 Å². The molecule has 0 aliphatic rings. The number of hydrogen-bond acceptors (Lipinski definition) is 2. The summed E-state index contributed by atoms with van der Waals surface area (Å²) >= 11 is 0. The van der Waals surface area contributed by atoms with E-state index in [-0.39, 0.29) is 5.82 Å². The monoisotopic (exact) mass is 299 g/mol. The van der Waals surface area contributed by atoms with Crippen LogP contribution in [-0.4, -0.2) is 11.9 Å². The van der Waals surface area contributed by atoms with Crippen LogP contribution in [0.1, 0.15) is 15.9 Å². The van der Waals surface area contributed by atoms with Crippen molar-refractivity contribution in [2.24, 2.45) is 5.73 Å². The van der Waals surface area contributed by atoms with Crippen molar-refractivity contribution in [2.75, 3.05) is 5.32 Å². The van der Waals surface area contributed by atoms with Crippen LogP contribution in [0.15, 0.2) is 54.7 Å². The van der Waals surface area contributed by atoms with Gasteiger partial charge in [-0.05, 0) is 48.0 Å². The smallest absolute Gasteiger partial charge is 0.323 e. The number of hydrogen-bond donors (Lipinski definition) is 3. The minimum absolute atomic E-state index is 0.317. The molecule has 0 saturated carbocycles. The molecule has 0 aliphatic carbocycles. The fourth-order valence-electron chi connectivity index (χ4n) is 1.67. The van der Waals surface area contributed by atoms with Gasteiger partial charge in [-0.3, -0.25) is 4.79 Å². The topological polar surface area (TPSA) is 84.2 Å². The third-order valence-corrected chi connectivity index (χ3v) is 2.79. The molecule has 0 spiro atoms. The fraction of sp³-hybridized carbons (Fsp3) is 0. The number of halogens is 1. The molecule has 5 nitrogen and oxygen atoms in total. The van der Waals surface area contributed by atoms with Gasteiger partial charge in [0.2, 0.25) is 5.91 Å². The number of rotatable bonds is 4. The van der Waals surface area contributed by atoms with Crippen molar-refractivity contribution < 1.29 is 14.0 Å². The molecule has 0 heterocycles. The van der Waals surface area contributed by atoms with Crippen molar-refractivity contribution >= 4 is 23.7 Å². The number of amides is 3. The van der Waals surface area contributed by atoms with E-state index in [2.05, 4.69) is 10.6 Å². The second-order valence-corrected chi connectivity index (χ2v) is 4.42. The summed E-state index contributed by atoms with van der Waals surface area (Å²) in [5, 5.41) is 5.11. The lowest BCUT2D eigenvalue weighted by atomic mass is 10.2. The average Bonchev–Trinajstić information content (AvgIpc) is 2.50. The fourth-order valence-corrected chi connectivity index (χ4v) is 1.67. The molecule has 6 heteroatoms. The van der Waals surface area contributed by atoms with E-state index < -0.39 is 11.9 Å². The molecule has 0 radical (unpaired) electrons. The molecule has 0 atom stereocenters. The van der Waals surface area contributed by atoms with Crippen LogP contribution in [0.3, 0.4) is 0 Å². The van der Waals surface area contributed by atoms with E-state index in [0.29, 0.717) is 11.3 Å². The third-order valence-electron chi connectivity index (χ3n) is 2.79. The van der Waals surface area contributed by atoms with Gasteiger partial charge in [0.25, 0.3) is 0 Å². The van der Waals surface area contributed by atoms with Crippen LogP contribution in [0.5, 0.6) is 0 Å². The first-order valence-corrected chi connectivity index (χ1v) is 6.44. The minimum Gasteiger partial charge on any atom is -0.366 e. The van der Waals surface area contributed by atoms with Gasteiger partial charge in [0, 0.05) is 17.5 Å². The van der Waals surface area contributed by atoms with Gasteiger partial charge in [-0.25, -0.2) is 9.18 Å². The first-order valence-electron chi connectivity index (χ1n) is 6.44. The van der Waals surface area contributed by atoms with E-state index in [4.69, 9.17) is 5.73 Å². The highest BCUT2D eigenvalue weighted by Crippen LogP contribution is 2.09. The number of urea groups is 1. The van der Waals surface area contributed by atoms with Crippen LogP contribution in [0, 0.1) is 5.82 Å². The Labute approximate surface area is 126 Å². The zero-order chi connectivity index (χ0) is 15.9. The summed E-state index contributed by atoms with van der Waals surface area (Å²) in [7, 11) is 0. The zero-order valence-corrected chi connectivity index (χ0v) is 11.5. The Bertz CT molecular complexity index is 694. The Morgan fingerprint density at radius 1 is 1.00 bits per heavy atom. The molecular weight excluding hydrogens is 285 g/mol. The first-order chi connectivity index (χ1) is 10.5. The quantitative estimate of drug-likeness (QED) is 0.811. The molecule has 4 N–H and O–H groups in total. The lowest BCUT2D eigenvalue weighted by Gasteiger charge is -2.05. The molecule has 0 aliphatic heterocycles. The van der Waals surface area contributed by atoms with E-state index in [1.165, 1.54) is 30.5 Å². The van der Waals surface area contributed by atoms with Gasteiger partial charge in [-0.2, -0.15) is 0 Å². The molecule has 2 aromatic rings. The van der Waals surface area contributed by atoms with E-state index in [1.54, 1.807) is 30.3 Å². The second kappa shape index (κ2) is 7.03. The summed E-state index contributed by atoms with van der Waals surface area (Å²) in [5.41, 5.74) is 6.77. The Hall–Kier alpha value is -3.15. The van der Waals surface area contributed by atoms with Gasteiger partial charge in [0.15, 0.2) is 0 Å². The van der Waals surface area contributed by atoms with Gasteiger partial charge in [0.05, 0.1) is 0 Å². The lowest BCUT2D eigenvalue weighted by Crippen LogP contribution is -2.23. The summed E-state index contributed by atoms with van der Waals surface area (Å²) in [4.78, 5) is 22.6. The molecule has 22 heavy (non-hydrogen) atoms. The second-order valence-electron chi connectivity index (χ2n) is 4.42. The lowest BCUT2D eigenvalue weighted by molar-refractivity contribution is 0.100. The largest absolute Gasteiger partial charge is 0.366 e. The first kappa shape index (κ1) is 15.2. The van der Waals surface area contributed by atoms with Crippen LogP contribution < -0.4 is 16.4 Å². The maximum Gasteiger partial charge on any atom is 0.323 e. The third kappa shape index (κ3) is 4.45. The van der Waals surface area contributed by atoms with Gasteiger partial charge in [-0.1, -0.05) is 12.1 Å². The van der Waals surface area contributed by atoms with Crippen molar-refractivity contribution in [1.29, 1.82) is 0 Å². The summed E-state index contributed by atoms with van der Waals surface area (Å²) in [6.07, 6.45) is 3.08. The van der Waals surface area contributed by atoms with Crippen LogP contribution in [0.25, 0.3) is 6.08 Å². The van der Waals surface area contributed by atoms with Gasteiger partial charge in [0.1, 0.15) is 5.82 Å². The molecule has 0 aromatic heterocycles. The van der Waals surface area contributed by atoms with Gasteiger partial charge in [-0.15, -0.1) is 0 Å². The number of carbonyl (C=O) groups is 2. The minimum atomic E-state index is -0.529. The van der Waals surface area contributed by atoms with Crippen molar-refractivity contribution in [3.63, 3.8) is 0 Å². The molecule has 2 rings (SSSR count). The highest BCUT2D eigenvalue weighted by Gasteiger charge is 2.02. The normalized spacial score (nSPS) is 10.4. The predicted molar refractivity (Wildman–Crippen MR) is 82.5 cm³/mol. The Morgan fingerprint density at radius 3 is 2.23 bits per heavy atom. The summed E-state index contributed by atoms with van der Waals surface area (Å²) in [6.45, 7) is 0. The van der Waals surface area contributed by atoms with E-state index in [0.717, 1.165) is 5.56 Å². The zero-order valence-electron chi connectivity index (χ0n) is 11.5. The molecular formula is C16H14FN3O2. The van der Waals surface area contributed by atoms with Crippen molar-refractivity contribution in [1.82, 2.24) is 5.32 Å². The molecule has 112 valence electrons. The molecule has 2 aromatic carbocycles. The summed E-state index contributed by atoms with van der Waals surface area (Å²) in [5.74, 6) is -0.847. The van der Waals surface area contributed by atoms with Crippen LogP contribution in [0.4, 0.5) is 14.9 Å². The highest BCUT2D eigenvalue weighted by molar-refractivity contribution is 5.94. The summed E-state index contributed by atoms with van der Waals surface area (Å²) in [6, 6.07) is 11.6. The van der Waals surface area contributed by atoms with Gasteiger partial charge >= 0.3 is 6.03 Å². The maximum absolute atomic E-state index is 12.7. The molecule has 3 amide bonds. The average molecular weight is 299 g/mol. The van der Waals surface area contributed by atoms with Crippen LogP contribution in [0.2, 0.25) is 0 Å². The van der Waals surface area contributed by atoms with Crippen molar-refractivity contribution in [3.05, 3.63) is 71.7 Å². The number of carbonyl (C=O) groups excluding carboxylic acids is 2. The van der Waals surface area contributed by atoms with Crippen LogP contribution in [-0.2, 0) is 0 Å². The van der Waals surface area contributed by atoms with Crippen molar-refractivity contribution in [2.45, 2.75) is 0 Å². The number of nitrogens with one attached hydrogen (secondary N) is 2. The molecule has 0 saturated heterocycles. The van der Waals surface area contributed by atoms with Crippen LogP contribution >= 0.6 is 0 Å². The molecule has 0 unspecified atom stereocenters. The maximum atomic E-state index is 12.7. The van der Waals surface area contributed by atoms with E-state index >= 15 is 0 Å².